The summed E-state index contributed by atoms with van der Waals surface area (Å²) in [6, 6.07) is 1.77. The number of piperazine rings is 1. The average molecular weight is 266 g/mol. The van der Waals surface area contributed by atoms with Crippen molar-refractivity contribution in [2.75, 3.05) is 32.7 Å². The SMILES string of the molecule is Cc1cc(C(=O)N2CCN(CC(=O)O)CC2)nn1C. The first-order valence-corrected chi connectivity index (χ1v) is 6.21. The van der Waals surface area contributed by atoms with Crippen LogP contribution in [0.2, 0.25) is 0 Å². The third-order valence-electron chi connectivity index (χ3n) is 3.35. The number of aliphatic carboxylic acids is 1. The largest absolute Gasteiger partial charge is 0.480 e. The number of carbonyl (C=O) groups excluding carboxylic acids is 1. The molecule has 2 rings (SSSR count). The van der Waals surface area contributed by atoms with Gasteiger partial charge in [-0.2, -0.15) is 5.10 Å². The van der Waals surface area contributed by atoms with Gasteiger partial charge in [0.25, 0.3) is 5.91 Å². The molecular formula is C12H18N4O3. The van der Waals surface area contributed by atoms with Gasteiger partial charge in [0.1, 0.15) is 0 Å². The van der Waals surface area contributed by atoms with Gasteiger partial charge in [0, 0.05) is 38.9 Å². The van der Waals surface area contributed by atoms with Crippen molar-refractivity contribution in [2.24, 2.45) is 7.05 Å². The smallest absolute Gasteiger partial charge is 0.317 e. The van der Waals surface area contributed by atoms with E-state index in [2.05, 4.69) is 5.10 Å². The summed E-state index contributed by atoms with van der Waals surface area (Å²) in [6.07, 6.45) is 0. The Kier molecular flexibility index (Phi) is 3.84. The molecule has 104 valence electrons. The lowest BCUT2D eigenvalue weighted by molar-refractivity contribution is -0.138. The van der Waals surface area contributed by atoms with Gasteiger partial charge < -0.3 is 10.0 Å². The number of amides is 1. The highest BCUT2D eigenvalue weighted by molar-refractivity contribution is 5.92. The first-order chi connectivity index (χ1) is 8.97. The summed E-state index contributed by atoms with van der Waals surface area (Å²) in [5, 5.41) is 12.9. The van der Waals surface area contributed by atoms with Gasteiger partial charge >= 0.3 is 5.97 Å². The molecule has 1 N–H and O–H groups in total. The van der Waals surface area contributed by atoms with E-state index in [9.17, 15) is 9.59 Å². The number of aryl methyl sites for hydroxylation is 2. The van der Waals surface area contributed by atoms with Crippen LogP contribution in [0.15, 0.2) is 6.07 Å². The summed E-state index contributed by atoms with van der Waals surface area (Å²) in [7, 11) is 1.80. The topological polar surface area (TPSA) is 78.7 Å². The molecule has 7 nitrogen and oxygen atoms in total. The van der Waals surface area contributed by atoms with Gasteiger partial charge in [0.05, 0.1) is 6.54 Å². The Balaban J connectivity index is 1.94. The number of rotatable bonds is 3. The second-order valence-corrected chi connectivity index (χ2v) is 4.76. The number of carboxylic acids is 1. The summed E-state index contributed by atoms with van der Waals surface area (Å²) in [4.78, 5) is 26.4. The summed E-state index contributed by atoms with van der Waals surface area (Å²) in [5.41, 5.74) is 1.39. The fourth-order valence-electron chi connectivity index (χ4n) is 2.13. The zero-order valence-corrected chi connectivity index (χ0v) is 11.2. The van der Waals surface area contributed by atoms with Crippen molar-refractivity contribution in [1.82, 2.24) is 19.6 Å². The van der Waals surface area contributed by atoms with Crippen LogP contribution < -0.4 is 0 Å². The van der Waals surface area contributed by atoms with Crippen LogP contribution in [-0.4, -0.2) is 69.3 Å². The van der Waals surface area contributed by atoms with Crippen molar-refractivity contribution in [3.63, 3.8) is 0 Å². The highest BCUT2D eigenvalue weighted by Crippen LogP contribution is 2.09. The van der Waals surface area contributed by atoms with Crippen LogP contribution in [0.1, 0.15) is 16.2 Å². The van der Waals surface area contributed by atoms with E-state index in [1.54, 1.807) is 22.7 Å². The maximum atomic E-state index is 12.2. The molecule has 0 bridgehead atoms. The number of hydrogen-bond donors (Lipinski definition) is 1. The highest BCUT2D eigenvalue weighted by atomic mass is 16.4. The maximum Gasteiger partial charge on any atom is 0.317 e. The number of aromatic nitrogens is 2. The highest BCUT2D eigenvalue weighted by Gasteiger charge is 2.24. The monoisotopic (exact) mass is 266 g/mol. The van der Waals surface area contributed by atoms with Crippen molar-refractivity contribution >= 4 is 11.9 Å². The lowest BCUT2D eigenvalue weighted by Crippen LogP contribution is -2.50. The molecule has 0 saturated carbocycles. The molecule has 1 aromatic heterocycles. The molecule has 1 amide bonds. The zero-order chi connectivity index (χ0) is 14.0. The minimum absolute atomic E-state index is 0.0325. The van der Waals surface area contributed by atoms with Crippen LogP contribution in [0, 0.1) is 6.92 Å². The molecule has 1 aromatic rings. The first kappa shape index (κ1) is 13.5. The predicted molar refractivity (Wildman–Crippen MR) is 67.9 cm³/mol. The van der Waals surface area contributed by atoms with Crippen molar-refractivity contribution in [3.8, 4) is 0 Å². The molecule has 1 aliphatic heterocycles. The number of hydrogen-bond acceptors (Lipinski definition) is 4. The Morgan fingerprint density at radius 1 is 1.32 bits per heavy atom. The summed E-state index contributed by atoms with van der Waals surface area (Å²) >= 11 is 0. The van der Waals surface area contributed by atoms with Gasteiger partial charge in [-0.3, -0.25) is 19.2 Å². The molecule has 0 aromatic carbocycles. The van der Waals surface area contributed by atoms with Gasteiger partial charge in [0.15, 0.2) is 5.69 Å². The van der Waals surface area contributed by atoms with Crippen LogP contribution >= 0.6 is 0 Å². The fraction of sp³-hybridized carbons (Fsp3) is 0.583. The van der Waals surface area contributed by atoms with Crippen molar-refractivity contribution < 1.29 is 14.7 Å². The summed E-state index contributed by atoms with van der Waals surface area (Å²) < 4.78 is 1.67. The molecule has 7 heteroatoms. The Bertz CT molecular complexity index is 470. The quantitative estimate of drug-likeness (QED) is 0.803. The molecule has 0 radical (unpaired) electrons. The van der Waals surface area contributed by atoms with E-state index in [-0.39, 0.29) is 12.5 Å². The Hall–Kier alpha value is -1.89. The van der Waals surface area contributed by atoms with Crippen molar-refractivity contribution in [3.05, 3.63) is 17.5 Å². The molecule has 0 spiro atoms. The zero-order valence-electron chi connectivity index (χ0n) is 11.2. The van der Waals surface area contributed by atoms with E-state index in [4.69, 9.17) is 5.11 Å². The van der Waals surface area contributed by atoms with Gasteiger partial charge in [0.2, 0.25) is 0 Å². The number of nitrogens with zero attached hydrogens (tertiary/aromatic N) is 4. The van der Waals surface area contributed by atoms with E-state index < -0.39 is 5.97 Å². The first-order valence-electron chi connectivity index (χ1n) is 6.21. The Labute approximate surface area is 111 Å². The van der Waals surface area contributed by atoms with Crippen LogP contribution in [0.4, 0.5) is 0 Å². The van der Waals surface area contributed by atoms with E-state index in [0.29, 0.717) is 31.9 Å². The molecule has 1 aliphatic rings. The van der Waals surface area contributed by atoms with Crippen LogP contribution in [0.5, 0.6) is 0 Å². The van der Waals surface area contributed by atoms with E-state index in [0.717, 1.165) is 5.69 Å². The number of carbonyl (C=O) groups is 2. The molecule has 0 atom stereocenters. The minimum atomic E-state index is -0.833. The summed E-state index contributed by atoms with van der Waals surface area (Å²) in [6.45, 7) is 4.19. The lowest BCUT2D eigenvalue weighted by atomic mass is 10.2. The van der Waals surface area contributed by atoms with Gasteiger partial charge in [-0.15, -0.1) is 0 Å². The molecule has 0 aliphatic carbocycles. The molecule has 2 heterocycles. The number of carboxylic acid groups (broad SMARTS) is 1. The van der Waals surface area contributed by atoms with Gasteiger partial charge in [-0.25, -0.2) is 0 Å². The fourth-order valence-corrected chi connectivity index (χ4v) is 2.13. The maximum absolute atomic E-state index is 12.2. The van der Waals surface area contributed by atoms with Crippen LogP contribution in [-0.2, 0) is 11.8 Å². The van der Waals surface area contributed by atoms with Crippen LogP contribution in [0.25, 0.3) is 0 Å². The third kappa shape index (κ3) is 3.11. The van der Waals surface area contributed by atoms with Gasteiger partial charge in [-0.1, -0.05) is 0 Å². The van der Waals surface area contributed by atoms with E-state index in [1.807, 2.05) is 11.8 Å². The van der Waals surface area contributed by atoms with E-state index in [1.165, 1.54) is 0 Å². The lowest BCUT2D eigenvalue weighted by Gasteiger charge is -2.33. The molecule has 1 fully saturated rings. The van der Waals surface area contributed by atoms with Crippen molar-refractivity contribution in [1.29, 1.82) is 0 Å². The molecule has 0 unspecified atom stereocenters. The predicted octanol–water partition coefficient (Wildman–Crippen LogP) is -0.429. The second-order valence-electron chi connectivity index (χ2n) is 4.76. The second kappa shape index (κ2) is 5.40. The van der Waals surface area contributed by atoms with Gasteiger partial charge in [-0.05, 0) is 13.0 Å². The Morgan fingerprint density at radius 3 is 2.42 bits per heavy atom. The normalized spacial score (nSPS) is 16.6. The molecule has 19 heavy (non-hydrogen) atoms. The van der Waals surface area contributed by atoms with E-state index >= 15 is 0 Å². The average Bonchev–Trinajstić information content (AvgIpc) is 2.69. The minimum Gasteiger partial charge on any atom is -0.480 e. The molecular weight excluding hydrogens is 248 g/mol. The standard InChI is InChI=1S/C12H18N4O3/c1-9-7-10(13-14(9)2)12(19)16-5-3-15(4-6-16)8-11(17)18/h7H,3-6,8H2,1-2H3,(H,17,18). The van der Waals surface area contributed by atoms with Crippen molar-refractivity contribution in [2.45, 2.75) is 6.92 Å². The third-order valence-corrected chi connectivity index (χ3v) is 3.35. The molecule has 1 saturated heterocycles. The van der Waals surface area contributed by atoms with Crippen LogP contribution in [0.3, 0.4) is 0 Å². The Morgan fingerprint density at radius 2 is 1.95 bits per heavy atom. The summed E-state index contributed by atoms with van der Waals surface area (Å²) in [5.74, 6) is -0.918.